The van der Waals surface area contributed by atoms with E-state index in [4.69, 9.17) is 11.6 Å². The second-order valence-corrected chi connectivity index (χ2v) is 4.21. The number of halogens is 1. The predicted octanol–water partition coefficient (Wildman–Crippen LogP) is 2.28. The molecule has 4 heteroatoms. The van der Waals surface area contributed by atoms with Gasteiger partial charge in [0.25, 0.3) is 5.91 Å². The summed E-state index contributed by atoms with van der Waals surface area (Å²) in [6.07, 6.45) is 2.20. The highest BCUT2D eigenvalue weighted by Gasteiger charge is 2.19. The van der Waals surface area contributed by atoms with Crippen LogP contribution < -0.4 is 0 Å². The van der Waals surface area contributed by atoms with Crippen molar-refractivity contribution in [3.63, 3.8) is 0 Å². The van der Waals surface area contributed by atoms with Crippen molar-refractivity contribution in [3.05, 3.63) is 28.5 Å². The van der Waals surface area contributed by atoms with Gasteiger partial charge in [0.05, 0.1) is 0 Å². The van der Waals surface area contributed by atoms with Gasteiger partial charge in [0.15, 0.2) is 0 Å². The molecule has 3 nitrogen and oxygen atoms in total. The molecule has 1 fully saturated rings. The van der Waals surface area contributed by atoms with E-state index < -0.39 is 0 Å². The normalized spacial score (nSPS) is 15.7. The molecule has 0 spiro atoms. The molecule has 0 N–H and O–H groups in total. The number of pyridine rings is 1. The van der Waals surface area contributed by atoms with Crippen molar-refractivity contribution in [1.29, 1.82) is 0 Å². The fraction of sp³-hybridized carbons (Fsp3) is 0.455. The van der Waals surface area contributed by atoms with Gasteiger partial charge in [-0.2, -0.15) is 0 Å². The highest BCUT2D eigenvalue weighted by atomic mass is 35.5. The fourth-order valence-electron chi connectivity index (χ4n) is 1.85. The number of hydrogen-bond acceptors (Lipinski definition) is 2. The Labute approximate surface area is 94.1 Å². The molecular formula is C11H13ClN2O. The first-order valence-electron chi connectivity index (χ1n) is 5.10. The maximum absolute atomic E-state index is 12.0. The molecular weight excluding hydrogens is 212 g/mol. The van der Waals surface area contributed by atoms with Gasteiger partial charge in [-0.1, -0.05) is 11.6 Å². The van der Waals surface area contributed by atoms with E-state index in [1.165, 1.54) is 0 Å². The summed E-state index contributed by atoms with van der Waals surface area (Å²) in [6, 6.07) is 3.42. The topological polar surface area (TPSA) is 33.2 Å². The Morgan fingerprint density at radius 3 is 2.67 bits per heavy atom. The Kier molecular flexibility index (Phi) is 2.91. The Bertz CT molecular complexity index is 366. The molecule has 0 atom stereocenters. The molecule has 1 aromatic heterocycles. The number of aryl methyl sites for hydroxylation is 1. The van der Waals surface area contributed by atoms with Crippen LogP contribution in [0.5, 0.6) is 0 Å². The van der Waals surface area contributed by atoms with Crippen LogP contribution in [0.4, 0.5) is 0 Å². The minimum Gasteiger partial charge on any atom is -0.339 e. The van der Waals surface area contributed by atoms with E-state index in [1.54, 1.807) is 12.1 Å². The third-order valence-electron chi connectivity index (χ3n) is 2.56. The maximum Gasteiger partial charge on any atom is 0.254 e. The van der Waals surface area contributed by atoms with E-state index in [-0.39, 0.29) is 5.91 Å². The second-order valence-electron chi connectivity index (χ2n) is 3.82. The maximum atomic E-state index is 12.0. The number of amides is 1. The van der Waals surface area contributed by atoms with Gasteiger partial charge in [-0.05, 0) is 31.9 Å². The first-order chi connectivity index (χ1) is 7.16. The van der Waals surface area contributed by atoms with Crippen LogP contribution in [0.2, 0.25) is 5.15 Å². The highest BCUT2D eigenvalue weighted by molar-refractivity contribution is 6.29. The van der Waals surface area contributed by atoms with E-state index in [9.17, 15) is 4.79 Å². The summed E-state index contributed by atoms with van der Waals surface area (Å²) in [5, 5.41) is 0.387. The summed E-state index contributed by atoms with van der Waals surface area (Å²) in [6.45, 7) is 3.56. The zero-order chi connectivity index (χ0) is 10.8. The van der Waals surface area contributed by atoms with Crippen LogP contribution >= 0.6 is 11.6 Å². The molecule has 1 amide bonds. The molecule has 0 saturated carbocycles. The summed E-state index contributed by atoms with van der Waals surface area (Å²) in [5.74, 6) is 0.0694. The van der Waals surface area contributed by atoms with Crippen molar-refractivity contribution in [1.82, 2.24) is 9.88 Å². The van der Waals surface area contributed by atoms with Crippen LogP contribution in [0.1, 0.15) is 28.9 Å². The van der Waals surface area contributed by atoms with Crippen LogP contribution in [0.25, 0.3) is 0 Å². The quantitative estimate of drug-likeness (QED) is 0.686. The lowest BCUT2D eigenvalue weighted by Crippen LogP contribution is -2.27. The fourth-order valence-corrected chi connectivity index (χ4v) is 2.11. The van der Waals surface area contributed by atoms with Gasteiger partial charge in [-0.15, -0.1) is 0 Å². The Hall–Kier alpha value is -1.09. The molecule has 1 aliphatic rings. The van der Waals surface area contributed by atoms with E-state index >= 15 is 0 Å². The van der Waals surface area contributed by atoms with Gasteiger partial charge in [0.1, 0.15) is 5.15 Å². The van der Waals surface area contributed by atoms with E-state index in [0.29, 0.717) is 10.7 Å². The number of carbonyl (C=O) groups is 1. The largest absolute Gasteiger partial charge is 0.339 e. The summed E-state index contributed by atoms with van der Waals surface area (Å²) in [7, 11) is 0. The average Bonchev–Trinajstić information content (AvgIpc) is 2.67. The first kappa shape index (κ1) is 10.4. The van der Waals surface area contributed by atoms with Gasteiger partial charge < -0.3 is 4.90 Å². The predicted molar refractivity (Wildman–Crippen MR) is 59.1 cm³/mol. The third-order valence-corrected chi connectivity index (χ3v) is 2.76. The lowest BCUT2D eigenvalue weighted by molar-refractivity contribution is 0.0792. The molecule has 2 rings (SSSR count). The molecule has 80 valence electrons. The molecule has 0 radical (unpaired) electrons. The van der Waals surface area contributed by atoms with E-state index in [1.807, 2.05) is 11.8 Å². The molecule has 1 aromatic rings. The number of likely N-dealkylation sites (tertiary alicyclic amines) is 1. The monoisotopic (exact) mass is 224 g/mol. The standard InChI is InChI=1S/C11H13ClN2O/c1-8-6-9(7-10(12)13-8)11(15)14-4-2-3-5-14/h6-7H,2-5H2,1H3. The van der Waals surface area contributed by atoms with Crippen molar-refractivity contribution in [2.75, 3.05) is 13.1 Å². The minimum atomic E-state index is 0.0694. The first-order valence-corrected chi connectivity index (χ1v) is 5.48. The zero-order valence-electron chi connectivity index (χ0n) is 8.66. The Morgan fingerprint density at radius 2 is 2.07 bits per heavy atom. The number of rotatable bonds is 1. The van der Waals surface area contributed by atoms with Gasteiger partial charge in [-0.25, -0.2) is 4.98 Å². The number of carbonyl (C=O) groups excluding carboxylic acids is 1. The number of nitrogens with zero attached hydrogens (tertiary/aromatic N) is 2. The van der Waals surface area contributed by atoms with Gasteiger partial charge in [0, 0.05) is 24.3 Å². The number of hydrogen-bond donors (Lipinski definition) is 0. The van der Waals surface area contributed by atoms with Crippen molar-refractivity contribution in [2.45, 2.75) is 19.8 Å². The van der Waals surface area contributed by atoms with Crippen molar-refractivity contribution in [2.24, 2.45) is 0 Å². The minimum absolute atomic E-state index is 0.0694. The summed E-state index contributed by atoms with van der Waals surface area (Å²) >= 11 is 5.82. The van der Waals surface area contributed by atoms with Crippen LogP contribution in [0, 0.1) is 6.92 Å². The molecule has 0 aromatic carbocycles. The summed E-state index contributed by atoms with van der Waals surface area (Å²) in [4.78, 5) is 17.9. The van der Waals surface area contributed by atoms with Crippen molar-refractivity contribution >= 4 is 17.5 Å². The molecule has 2 heterocycles. The molecule has 0 unspecified atom stereocenters. The third kappa shape index (κ3) is 2.29. The van der Waals surface area contributed by atoms with Crippen molar-refractivity contribution < 1.29 is 4.79 Å². The Balaban J connectivity index is 2.24. The molecule has 0 aliphatic carbocycles. The lowest BCUT2D eigenvalue weighted by Gasteiger charge is -2.15. The summed E-state index contributed by atoms with van der Waals surface area (Å²) in [5.41, 5.74) is 1.43. The molecule has 0 bridgehead atoms. The molecule has 15 heavy (non-hydrogen) atoms. The molecule has 1 saturated heterocycles. The average molecular weight is 225 g/mol. The van der Waals surface area contributed by atoms with E-state index in [0.717, 1.165) is 31.6 Å². The zero-order valence-corrected chi connectivity index (χ0v) is 9.42. The highest BCUT2D eigenvalue weighted by Crippen LogP contribution is 2.16. The van der Waals surface area contributed by atoms with Gasteiger partial charge >= 0.3 is 0 Å². The van der Waals surface area contributed by atoms with Crippen LogP contribution in [0.3, 0.4) is 0 Å². The van der Waals surface area contributed by atoms with Crippen LogP contribution in [0.15, 0.2) is 12.1 Å². The lowest BCUT2D eigenvalue weighted by atomic mass is 10.2. The van der Waals surface area contributed by atoms with Crippen LogP contribution in [-0.4, -0.2) is 28.9 Å². The number of aromatic nitrogens is 1. The van der Waals surface area contributed by atoms with Crippen molar-refractivity contribution in [3.8, 4) is 0 Å². The van der Waals surface area contributed by atoms with E-state index in [2.05, 4.69) is 4.98 Å². The van der Waals surface area contributed by atoms with Gasteiger partial charge in [-0.3, -0.25) is 4.79 Å². The van der Waals surface area contributed by atoms with Crippen LogP contribution in [-0.2, 0) is 0 Å². The SMILES string of the molecule is Cc1cc(C(=O)N2CCCC2)cc(Cl)n1. The second kappa shape index (κ2) is 4.19. The molecule has 1 aliphatic heterocycles. The smallest absolute Gasteiger partial charge is 0.254 e. The Morgan fingerprint density at radius 1 is 1.40 bits per heavy atom. The van der Waals surface area contributed by atoms with Gasteiger partial charge in [0.2, 0.25) is 0 Å². The summed E-state index contributed by atoms with van der Waals surface area (Å²) < 4.78 is 0.